The molecule has 1 aliphatic heterocycles. The van der Waals surface area contributed by atoms with Crippen LogP contribution in [0, 0.1) is 0 Å². The van der Waals surface area contributed by atoms with Crippen LogP contribution in [-0.4, -0.2) is 24.7 Å². The van der Waals surface area contributed by atoms with Gasteiger partial charge in [-0.3, -0.25) is 10.1 Å². The highest BCUT2D eigenvalue weighted by atomic mass is 16.5. The predicted molar refractivity (Wildman–Crippen MR) is 46.8 cm³/mol. The van der Waals surface area contributed by atoms with Gasteiger partial charge in [0.1, 0.15) is 6.04 Å². The molecule has 0 aromatic rings. The minimum Gasteiger partial charge on any atom is -0.465 e. The number of hydrogen-bond acceptors (Lipinski definition) is 3. The van der Waals surface area contributed by atoms with Crippen LogP contribution in [-0.2, 0) is 9.53 Å². The summed E-state index contributed by atoms with van der Waals surface area (Å²) in [6, 6.07) is 0.160. The second-order valence-corrected chi connectivity index (χ2v) is 2.89. The van der Waals surface area contributed by atoms with Crippen LogP contribution in [0.2, 0.25) is 0 Å². The molecule has 0 aromatic heterocycles. The minimum atomic E-state index is -0.137. The molecule has 2 atom stereocenters. The van der Waals surface area contributed by atoms with Gasteiger partial charge in [-0.25, -0.2) is 0 Å². The average Bonchev–Trinajstić information content (AvgIpc) is 2.52. The van der Waals surface area contributed by atoms with E-state index >= 15 is 0 Å². The monoisotopic (exact) mass is 169 g/mol. The SMILES string of the molecule is C=CC1CCC(C(=O)OCC)N1. The number of esters is 1. The fourth-order valence-electron chi connectivity index (χ4n) is 1.39. The molecule has 1 rings (SSSR count). The highest BCUT2D eigenvalue weighted by Gasteiger charge is 2.27. The van der Waals surface area contributed by atoms with E-state index in [1.54, 1.807) is 0 Å². The first-order chi connectivity index (χ1) is 5.77. The lowest BCUT2D eigenvalue weighted by atomic mass is 10.2. The Morgan fingerprint density at radius 1 is 1.75 bits per heavy atom. The molecular formula is C9H15NO2. The van der Waals surface area contributed by atoms with Crippen LogP contribution in [0.3, 0.4) is 0 Å². The summed E-state index contributed by atoms with van der Waals surface area (Å²) in [6.45, 7) is 5.94. The zero-order valence-corrected chi connectivity index (χ0v) is 7.38. The van der Waals surface area contributed by atoms with E-state index < -0.39 is 0 Å². The molecule has 0 amide bonds. The summed E-state index contributed by atoms with van der Waals surface area (Å²) in [5.41, 5.74) is 0. The van der Waals surface area contributed by atoms with Crippen molar-refractivity contribution in [3.05, 3.63) is 12.7 Å². The quantitative estimate of drug-likeness (QED) is 0.503. The summed E-state index contributed by atoms with van der Waals surface area (Å²) in [4.78, 5) is 11.2. The van der Waals surface area contributed by atoms with Crippen LogP contribution in [0.25, 0.3) is 0 Å². The van der Waals surface area contributed by atoms with Gasteiger partial charge in [-0.1, -0.05) is 6.08 Å². The van der Waals surface area contributed by atoms with Crippen LogP contribution < -0.4 is 5.32 Å². The molecule has 1 heterocycles. The summed E-state index contributed by atoms with van der Waals surface area (Å²) in [5, 5.41) is 3.13. The zero-order chi connectivity index (χ0) is 8.97. The first-order valence-electron chi connectivity index (χ1n) is 4.33. The van der Waals surface area contributed by atoms with Crippen molar-refractivity contribution >= 4 is 5.97 Å². The highest BCUT2D eigenvalue weighted by Crippen LogP contribution is 2.13. The van der Waals surface area contributed by atoms with Gasteiger partial charge in [-0.15, -0.1) is 6.58 Å². The molecule has 12 heavy (non-hydrogen) atoms. The molecule has 0 spiro atoms. The lowest BCUT2D eigenvalue weighted by Gasteiger charge is -2.09. The average molecular weight is 169 g/mol. The molecule has 0 aliphatic carbocycles. The van der Waals surface area contributed by atoms with Crippen molar-refractivity contribution in [2.24, 2.45) is 0 Å². The van der Waals surface area contributed by atoms with Crippen LogP contribution in [0.1, 0.15) is 19.8 Å². The Kier molecular flexibility index (Phi) is 3.29. The van der Waals surface area contributed by atoms with Crippen molar-refractivity contribution in [1.29, 1.82) is 0 Å². The molecule has 1 N–H and O–H groups in total. The number of nitrogens with one attached hydrogen (secondary N) is 1. The summed E-state index contributed by atoms with van der Waals surface area (Å²) < 4.78 is 4.88. The molecule has 3 heteroatoms. The number of ether oxygens (including phenoxy) is 1. The highest BCUT2D eigenvalue weighted by molar-refractivity contribution is 5.76. The van der Waals surface area contributed by atoms with Crippen molar-refractivity contribution in [3.8, 4) is 0 Å². The first kappa shape index (κ1) is 9.26. The Labute approximate surface area is 72.8 Å². The maximum absolute atomic E-state index is 11.2. The number of carbonyl (C=O) groups is 1. The molecule has 0 radical (unpaired) electrons. The first-order valence-corrected chi connectivity index (χ1v) is 4.33. The Balaban J connectivity index is 2.35. The van der Waals surface area contributed by atoms with E-state index in [9.17, 15) is 4.79 Å². The molecule has 0 bridgehead atoms. The van der Waals surface area contributed by atoms with Gasteiger partial charge in [0.05, 0.1) is 6.61 Å². The van der Waals surface area contributed by atoms with Crippen LogP contribution in [0.4, 0.5) is 0 Å². The standard InChI is InChI=1S/C9H15NO2/c1-3-7-5-6-8(10-7)9(11)12-4-2/h3,7-8,10H,1,4-6H2,2H3. The smallest absolute Gasteiger partial charge is 0.323 e. The van der Waals surface area contributed by atoms with E-state index in [1.807, 2.05) is 13.0 Å². The van der Waals surface area contributed by atoms with Gasteiger partial charge in [0.15, 0.2) is 0 Å². The third-order valence-electron chi connectivity index (χ3n) is 2.04. The molecule has 1 aliphatic rings. The van der Waals surface area contributed by atoms with Gasteiger partial charge in [-0.05, 0) is 19.8 Å². The van der Waals surface area contributed by atoms with E-state index in [4.69, 9.17) is 4.74 Å². The second-order valence-electron chi connectivity index (χ2n) is 2.89. The van der Waals surface area contributed by atoms with Crippen molar-refractivity contribution < 1.29 is 9.53 Å². The zero-order valence-electron chi connectivity index (χ0n) is 7.38. The van der Waals surface area contributed by atoms with Crippen LogP contribution in [0.15, 0.2) is 12.7 Å². The van der Waals surface area contributed by atoms with E-state index in [1.165, 1.54) is 0 Å². The predicted octanol–water partition coefficient (Wildman–Crippen LogP) is 0.856. The molecular weight excluding hydrogens is 154 g/mol. The molecule has 2 unspecified atom stereocenters. The third kappa shape index (κ3) is 2.08. The largest absolute Gasteiger partial charge is 0.465 e. The van der Waals surface area contributed by atoms with E-state index in [2.05, 4.69) is 11.9 Å². The maximum atomic E-state index is 11.2. The van der Waals surface area contributed by atoms with Gasteiger partial charge in [0.2, 0.25) is 0 Å². The second kappa shape index (κ2) is 4.26. The van der Waals surface area contributed by atoms with Crippen molar-refractivity contribution in [3.63, 3.8) is 0 Å². The lowest BCUT2D eigenvalue weighted by Crippen LogP contribution is -2.35. The topological polar surface area (TPSA) is 38.3 Å². The van der Waals surface area contributed by atoms with Gasteiger partial charge in [-0.2, -0.15) is 0 Å². The summed E-state index contributed by atoms with van der Waals surface area (Å²) in [7, 11) is 0. The number of rotatable bonds is 3. The van der Waals surface area contributed by atoms with Crippen molar-refractivity contribution in [2.45, 2.75) is 31.8 Å². The van der Waals surface area contributed by atoms with E-state index in [0.717, 1.165) is 12.8 Å². The van der Waals surface area contributed by atoms with E-state index in [-0.39, 0.29) is 18.1 Å². The Morgan fingerprint density at radius 2 is 2.50 bits per heavy atom. The minimum absolute atomic E-state index is 0.118. The molecule has 3 nitrogen and oxygen atoms in total. The van der Waals surface area contributed by atoms with Crippen LogP contribution >= 0.6 is 0 Å². The van der Waals surface area contributed by atoms with Crippen molar-refractivity contribution in [2.75, 3.05) is 6.61 Å². The third-order valence-corrected chi connectivity index (χ3v) is 2.04. The lowest BCUT2D eigenvalue weighted by molar-refractivity contribution is -0.145. The van der Waals surface area contributed by atoms with Gasteiger partial charge >= 0.3 is 5.97 Å². The molecule has 0 saturated carbocycles. The fourth-order valence-corrected chi connectivity index (χ4v) is 1.39. The normalized spacial score (nSPS) is 28.4. The maximum Gasteiger partial charge on any atom is 0.323 e. The summed E-state index contributed by atoms with van der Waals surface area (Å²) >= 11 is 0. The summed E-state index contributed by atoms with van der Waals surface area (Å²) in [6.07, 6.45) is 3.67. The molecule has 1 fully saturated rings. The number of carbonyl (C=O) groups excluding carboxylic acids is 1. The molecule has 68 valence electrons. The molecule has 1 saturated heterocycles. The van der Waals surface area contributed by atoms with Crippen LogP contribution in [0.5, 0.6) is 0 Å². The molecule has 0 aromatic carbocycles. The van der Waals surface area contributed by atoms with Gasteiger partial charge in [0.25, 0.3) is 0 Å². The van der Waals surface area contributed by atoms with E-state index in [0.29, 0.717) is 6.61 Å². The van der Waals surface area contributed by atoms with Crippen molar-refractivity contribution in [1.82, 2.24) is 5.32 Å². The van der Waals surface area contributed by atoms with Gasteiger partial charge < -0.3 is 4.74 Å². The van der Waals surface area contributed by atoms with Gasteiger partial charge in [0, 0.05) is 6.04 Å². The fraction of sp³-hybridized carbons (Fsp3) is 0.667. The summed E-state index contributed by atoms with van der Waals surface area (Å²) in [5.74, 6) is -0.137. The Hall–Kier alpha value is -0.830. The number of hydrogen-bond donors (Lipinski definition) is 1. The Bertz CT molecular complexity index is 179. The Morgan fingerprint density at radius 3 is 3.00 bits per heavy atom.